The van der Waals surface area contributed by atoms with Crippen molar-refractivity contribution in [3.63, 3.8) is 0 Å². The third-order valence-electron chi connectivity index (χ3n) is 1.66. The average molecular weight is 239 g/mol. The molecule has 8 heteroatoms. The maximum Gasteiger partial charge on any atom is 0.321 e. The zero-order valence-corrected chi connectivity index (χ0v) is 9.51. The predicted molar refractivity (Wildman–Crippen MR) is 57.2 cm³/mol. The van der Waals surface area contributed by atoms with E-state index in [1.807, 2.05) is 0 Å². The molecule has 0 saturated heterocycles. The summed E-state index contributed by atoms with van der Waals surface area (Å²) in [6.07, 6.45) is 1.83. The van der Waals surface area contributed by atoms with Gasteiger partial charge in [-0.2, -0.15) is 0 Å². The lowest BCUT2D eigenvalue weighted by molar-refractivity contribution is -0.120. The standard InChI is InChI=1S/C9H13N5O3/c1-6(2)10-9(17)11-8(16)4-14-3-7(5-15)12-13-14/h3,5-6H,4H2,1-2H3,(H2,10,11,16,17). The van der Waals surface area contributed by atoms with Gasteiger partial charge in [0.25, 0.3) is 0 Å². The second-order valence-electron chi connectivity index (χ2n) is 3.64. The Morgan fingerprint density at radius 2 is 2.24 bits per heavy atom. The van der Waals surface area contributed by atoms with Gasteiger partial charge in [-0.05, 0) is 13.8 Å². The number of rotatable bonds is 4. The fourth-order valence-corrected chi connectivity index (χ4v) is 1.06. The van der Waals surface area contributed by atoms with Crippen LogP contribution in [-0.4, -0.2) is 39.3 Å². The molecule has 8 nitrogen and oxygen atoms in total. The van der Waals surface area contributed by atoms with Crippen molar-refractivity contribution in [1.29, 1.82) is 0 Å². The summed E-state index contributed by atoms with van der Waals surface area (Å²) >= 11 is 0. The van der Waals surface area contributed by atoms with E-state index in [0.29, 0.717) is 6.29 Å². The molecule has 0 aliphatic heterocycles. The third-order valence-corrected chi connectivity index (χ3v) is 1.66. The van der Waals surface area contributed by atoms with Crippen molar-refractivity contribution < 1.29 is 14.4 Å². The lowest BCUT2D eigenvalue weighted by Gasteiger charge is -2.08. The van der Waals surface area contributed by atoms with Crippen LogP contribution in [-0.2, 0) is 11.3 Å². The summed E-state index contributed by atoms with van der Waals surface area (Å²) in [5, 5.41) is 11.6. The fourth-order valence-electron chi connectivity index (χ4n) is 1.06. The van der Waals surface area contributed by atoms with E-state index in [9.17, 15) is 14.4 Å². The molecule has 0 aromatic carbocycles. The predicted octanol–water partition coefficient (Wildman–Crippen LogP) is -0.675. The zero-order valence-electron chi connectivity index (χ0n) is 9.51. The Morgan fingerprint density at radius 1 is 1.53 bits per heavy atom. The minimum absolute atomic E-state index is 0.0594. The van der Waals surface area contributed by atoms with Gasteiger partial charge >= 0.3 is 6.03 Å². The largest absolute Gasteiger partial charge is 0.336 e. The number of nitrogens with zero attached hydrogens (tertiary/aromatic N) is 3. The average Bonchev–Trinajstić information content (AvgIpc) is 2.63. The van der Waals surface area contributed by atoms with Crippen molar-refractivity contribution in [3.05, 3.63) is 11.9 Å². The Kier molecular flexibility index (Phi) is 4.32. The van der Waals surface area contributed by atoms with E-state index >= 15 is 0 Å². The number of amides is 3. The quantitative estimate of drug-likeness (QED) is 0.677. The van der Waals surface area contributed by atoms with Crippen LogP contribution >= 0.6 is 0 Å². The molecular weight excluding hydrogens is 226 g/mol. The van der Waals surface area contributed by atoms with E-state index in [4.69, 9.17) is 0 Å². The van der Waals surface area contributed by atoms with Gasteiger partial charge in [0, 0.05) is 6.04 Å². The molecule has 3 amide bonds. The van der Waals surface area contributed by atoms with E-state index in [2.05, 4.69) is 20.9 Å². The molecule has 0 radical (unpaired) electrons. The molecule has 0 bridgehead atoms. The summed E-state index contributed by atoms with van der Waals surface area (Å²) < 4.78 is 1.17. The van der Waals surface area contributed by atoms with Crippen molar-refractivity contribution in [2.45, 2.75) is 26.4 Å². The second kappa shape index (κ2) is 5.73. The van der Waals surface area contributed by atoms with Crippen molar-refractivity contribution in [2.75, 3.05) is 0 Å². The molecule has 17 heavy (non-hydrogen) atoms. The van der Waals surface area contributed by atoms with E-state index in [0.717, 1.165) is 0 Å². The highest BCUT2D eigenvalue weighted by Gasteiger charge is 2.10. The van der Waals surface area contributed by atoms with E-state index in [1.165, 1.54) is 10.9 Å². The summed E-state index contributed by atoms with van der Waals surface area (Å²) in [6, 6.07) is -0.628. The van der Waals surface area contributed by atoms with Crippen LogP contribution in [0.5, 0.6) is 0 Å². The number of nitrogens with one attached hydrogen (secondary N) is 2. The minimum Gasteiger partial charge on any atom is -0.336 e. The molecule has 0 spiro atoms. The Balaban J connectivity index is 2.44. The van der Waals surface area contributed by atoms with Crippen molar-refractivity contribution in [3.8, 4) is 0 Å². The summed E-state index contributed by atoms with van der Waals surface area (Å²) in [4.78, 5) is 32.8. The summed E-state index contributed by atoms with van der Waals surface area (Å²) in [5.41, 5.74) is 0.129. The highest BCUT2D eigenvalue weighted by atomic mass is 16.2. The van der Waals surface area contributed by atoms with E-state index < -0.39 is 11.9 Å². The lowest BCUT2D eigenvalue weighted by Crippen LogP contribution is -2.43. The molecule has 0 unspecified atom stereocenters. The molecule has 1 rings (SSSR count). The van der Waals surface area contributed by atoms with Crippen molar-refractivity contribution >= 4 is 18.2 Å². The van der Waals surface area contributed by atoms with Crippen LogP contribution < -0.4 is 10.6 Å². The first kappa shape index (κ1) is 12.8. The van der Waals surface area contributed by atoms with Crippen LogP contribution in [0.4, 0.5) is 4.79 Å². The molecule has 2 N–H and O–H groups in total. The molecule has 0 aliphatic rings. The maximum absolute atomic E-state index is 11.4. The number of imide groups is 1. The van der Waals surface area contributed by atoms with Crippen LogP contribution in [0.3, 0.4) is 0 Å². The first-order chi connectivity index (χ1) is 8.01. The SMILES string of the molecule is CC(C)NC(=O)NC(=O)Cn1cc(C=O)nn1. The molecule has 1 aromatic heterocycles. The van der Waals surface area contributed by atoms with Crippen LogP contribution in [0.1, 0.15) is 24.3 Å². The number of aromatic nitrogens is 3. The van der Waals surface area contributed by atoms with Crippen molar-refractivity contribution in [1.82, 2.24) is 25.6 Å². The number of carbonyl (C=O) groups excluding carboxylic acids is 3. The Hall–Kier alpha value is -2.25. The molecule has 92 valence electrons. The number of aldehydes is 1. The zero-order chi connectivity index (χ0) is 12.8. The van der Waals surface area contributed by atoms with Gasteiger partial charge < -0.3 is 5.32 Å². The minimum atomic E-state index is -0.569. The molecule has 1 heterocycles. The summed E-state index contributed by atoms with van der Waals surface area (Å²) in [6.45, 7) is 3.38. The van der Waals surface area contributed by atoms with Crippen LogP contribution in [0.15, 0.2) is 6.20 Å². The summed E-state index contributed by atoms with van der Waals surface area (Å²) in [5.74, 6) is -0.537. The van der Waals surface area contributed by atoms with E-state index in [-0.39, 0.29) is 18.3 Å². The van der Waals surface area contributed by atoms with Gasteiger partial charge in [0.2, 0.25) is 5.91 Å². The number of carbonyl (C=O) groups is 3. The molecule has 0 saturated carbocycles. The highest BCUT2D eigenvalue weighted by molar-refractivity contribution is 5.94. The first-order valence-corrected chi connectivity index (χ1v) is 4.97. The molecule has 0 fully saturated rings. The van der Waals surface area contributed by atoms with Gasteiger partial charge in [-0.3, -0.25) is 14.9 Å². The van der Waals surface area contributed by atoms with Crippen LogP contribution in [0.25, 0.3) is 0 Å². The van der Waals surface area contributed by atoms with Gasteiger partial charge in [-0.25, -0.2) is 9.48 Å². The number of hydrogen-bond donors (Lipinski definition) is 2. The third kappa shape index (κ3) is 4.41. The number of urea groups is 1. The highest BCUT2D eigenvalue weighted by Crippen LogP contribution is 1.88. The van der Waals surface area contributed by atoms with Crippen molar-refractivity contribution in [2.24, 2.45) is 0 Å². The van der Waals surface area contributed by atoms with Gasteiger partial charge in [0.1, 0.15) is 12.2 Å². The Morgan fingerprint density at radius 3 is 2.76 bits per heavy atom. The summed E-state index contributed by atoms with van der Waals surface area (Å²) in [7, 11) is 0. The van der Waals surface area contributed by atoms with Gasteiger partial charge in [0.05, 0.1) is 6.20 Å². The van der Waals surface area contributed by atoms with Gasteiger partial charge in [-0.1, -0.05) is 5.21 Å². The molecule has 0 atom stereocenters. The lowest BCUT2D eigenvalue weighted by atomic mass is 10.4. The Bertz CT molecular complexity index is 426. The van der Waals surface area contributed by atoms with Crippen LogP contribution in [0.2, 0.25) is 0 Å². The monoisotopic (exact) mass is 239 g/mol. The fraction of sp³-hybridized carbons (Fsp3) is 0.444. The first-order valence-electron chi connectivity index (χ1n) is 4.97. The Labute approximate surface area is 97.4 Å². The normalized spacial score (nSPS) is 10.1. The number of hydrogen-bond acceptors (Lipinski definition) is 5. The van der Waals surface area contributed by atoms with Gasteiger partial charge in [0.15, 0.2) is 6.29 Å². The smallest absolute Gasteiger partial charge is 0.321 e. The van der Waals surface area contributed by atoms with Gasteiger partial charge in [-0.15, -0.1) is 5.10 Å². The molecular formula is C9H13N5O3. The molecule has 0 aliphatic carbocycles. The van der Waals surface area contributed by atoms with Crippen LogP contribution in [0, 0.1) is 0 Å². The molecule has 1 aromatic rings. The maximum atomic E-state index is 11.4. The van der Waals surface area contributed by atoms with E-state index in [1.54, 1.807) is 13.8 Å². The second-order valence-corrected chi connectivity index (χ2v) is 3.64. The topological polar surface area (TPSA) is 106 Å².